The van der Waals surface area contributed by atoms with Gasteiger partial charge in [0.1, 0.15) is 0 Å². The molecule has 2 unspecified atom stereocenters. The highest BCUT2D eigenvalue weighted by Crippen LogP contribution is 2.14. The summed E-state index contributed by atoms with van der Waals surface area (Å²) in [5.74, 6) is 0. The second-order valence-electron chi connectivity index (χ2n) is 4.07. The first-order chi connectivity index (χ1) is 6.45. The minimum atomic E-state index is 0.543. The van der Waals surface area contributed by atoms with Gasteiger partial charge in [0.25, 0.3) is 0 Å². The Balaban J connectivity index is 1.52. The Kier molecular flexibility index (Phi) is 3.58. The van der Waals surface area contributed by atoms with Crippen LogP contribution in [0.3, 0.4) is 0 Å². The zero-order valence-electron chi connectivity index (χ0n) is 8.22. The van der Waals surface area contributed by atoms with Crippen LogP contribution >= 0.6 is 0 Å². The molecular formula is C10H20N2O. The third-order valence-electron chi connectivity index (χ3n) is 2.98. The van der Waals surface area contributed by atoms with Gasteiger partial charge in [0, 0.05) is 19.2 Å². The third-order valence-corrected chi connectivity index (χ3v) is 2.98. The Hall–Kier alpha value is -0.120. The van der Waals surface area contributed by atoms with Gasteiger partial charge in [-0.05, 0) is 38.8 Å². The van der Waals surface area contributed by atoms with Gasteiger partial charge in [-0.3, -0.25) is 0 Å². The van der Waals surface area contributed by atoms with Crippen LogP contribution in [0.15, 0.2) is 0 Å². The zero-order chi connectivity index (χ0) is 8.93. The van der Waals surface area contributed by atoms with Crippen LogP contribution in [0, 0.1) is 0 Å². The van der Waals surface area contributed by atoms with E-state index >= 15 is 0 Å². The lowest BCUT2D eigenvalue weighted by Gasteiger charge is -2.13. The molecule has 0 aliphatic carbocycles. The van der Waals surface area contributed by atoms with Gasteiger partial charge in [0.15, 0.2) is 0 Å². The summed E-state index contributed by atoms with van der Waals surface area (Å²) in [5, 5.41) is 6.92. The first kappa shape index (κ1) is 9.44. The van der Waals surface area contributed by atoms with Gasteiger partial charge in [-0.25, -0.2) is 0 Å². The summed E-state index contributed by atoms with van der Waals surface area (Å²) in [6.07, 6.45) is 5.55. The van der Waals surface area contributed by atoms with E-state index in [9.17, 15) is 0 Å². The van der Waals surface area contributed by atoms with E-state index in [1.54, 1.807) is 0 Å². The maximum atomic E-state index is 5.56. The van der Waals surface area contributed by atoms with Gasteiger partial charge < -0.3 is 15.4 Å². The molecule has 0 aromatic rings. The molecular weight excluding hydrogens is 164 g/mol. The van der Waals surface area contributed by atoms with E-state index in [2.05, 4.69) is 10.6 Å². The first-order valence-electron chi connectivity index (χ1n) is 5.51. The van der Waals surface area contributed by atoms with Crippen molar-refractivity contribution in [3.05, 3.63) is 0 Å². The van der Waals surface area contributed by atoms with E-state index in [1.807, 2.05) is 0 Å². The summed E-state index contributed by atoms with van der Waals surface area (Å²) in [5.41, 5.74) is 0. The van der Waals surface area contributed by atoms with Crippen molar-refractivity contribution in [3.8, 4) is 0 Å². The molecule has 13 heavy (non-hydrogen) atoms. The van der Waals surface area contributed by atoms with Gasteiger partial charge in [-0.2, -0.15) is 0 Å². The van der Waals surface area contributed by atoms with Crippen molar-refractivity contribution in [2.75, 3.05) is 26.2 Å². The summed E-state index contributed by atoms with van der Waals surface area (Å²) in [6.45, 7) is 4.43. The fraction of sp³-hybridized carbons (Fsp3) is 1.00. The number of nitrogens with one attached hydrogen (secondary N) is 2. The Bertz CT molecular complexity index is 124. The molecule has 2 aliphatic rings. The number of hydrogen-bond acceptors (Lipinski definition) is 3. The van der Waals surface area contributed by atoms with Crippen molar-refractivity contribution in [3.63, 3.8) is 0 Å². The Morgan fingerprint density at radius 3 is 3.08 bits per heavy atom. The predicted molar refractivity (Wildman–Crippen MR) is 52.9 cm³/mol. The van der Waals surface area contributed by atoms with E-state index < -0.39 is 0 Å². The second kappa shape index (κ2) is 4.94. The van der Waals surface area contributed by atoms with E-state index in [-0.39, 0.29) is 0 Å². The van der Waals surface area contributed by atoms with Crippen LogP contribution in [0.25, 0.3) is 0 Å². The summed E-state index contributed by atoms with van der Waals surface area (Å²) >= 11 is 0. The molecule has 2 heterocycles. The highest BCUT2D eigenvalue weighted by atomic mass is 16.5. The molecule has 2 aliphatic heterocycles. The molecule has 0 amide bonds. The lowest BCUT2D eigenvalue weighted by atomic mass is 10.1. The standard InChI is InChI=1S/C10H20N2O/c1-2-10(13-7-1)4-6-12-9-3-5-11-8-9/h9-12H,1-8H2. The van der Waals surface area contributed by atoms with Crippen molar-refractivity contribution in [1.82, 2.24) is 10.6 Å². The lowest BCUT2D eigenvalue weighted by Crippen LogP contribution is -2.33. The molecule has 0 bridgehead atoms. The molecule has 0 spiro atoms. The molecule has 2 atom stereocenters. The predicted octanol–water partition coefficient (Wildman–Crippen LogP) is 0.507. The fourth-order valence-corrected chi connectivity index (χ4v) is 2.15. The maximum absolute atomic E-state index is 5.56. The van der Waals surface area contributed by atoms with Crippen LogP contribution in [-0.4, -0.2) is 38.4 Å². The smallest absolute Gasteiger partial charge is 0.0588 e. The molecule has 76 valence electrons. The highest BCUT2D eigenvalue weighted by Gasteiger charge is 2.17. The van der Waals surface area contributed by atoms with E-state index in [1.165, 1.54) is 32.2 Å². The summed E-state index contributed by atoms with van der Waals surface area (Å²) in [6, 6.07) is 0.710. The fourth-order valence-electron chi connectivity index (χ4n) is 2.15. The van der Waals surface area contributed by atoms with Gasteiger partial charge >= 0.3 is 0 Å². The molecule has 2 rings (SSSR count). The Labute approximate surface area is 80.2 Å². The quantitative estimate of drug-likeness (QED) is 0.668. The zero-order valence-corrected chi connectivity index (χ0v) is 8.22. The largest absolute Gasteiger partial charge is 0.378 e. The van der Waals surface area contributed by atoms with Gasteiger partial charge in [0.05, 0.1) is 6.10 Å². The topological polar surface area (TPSA) is 33.3 Å². The molecule has 2 N–H and O–H groups in total. The van der Waals surface area contributed by atoms with Crippen molar-refractivity contribution < 1.29 is 4.74 Å². The Morgan fingerprint density at radius 1 is 1.38 bits per heavy atom. The monoisotopic (exact) mass is 184 g/mol. The van der Waals surface area contributed by atoms with Crippen LogP contribution in [0.4, 0.5) is 0 Å². The summed E-state index contributed by atoms with van der Waals surface area (Å²) < 4.78 is 5.56. The average Bonchev–Trinajstić information content (AvgIpc) is 2.75. The minimum Gasteiger partial charge on any atom is -0.378 e. The molecule has 3 nitrogen and oxygen atoms in total. The SMILES string of the molecule is C1COC(CCNC2CCNC2)C1. The van der Waals surface area contributed by atoms with Gasteiger partial charge in [0.2, 0.25) is 0 Å². The van der Waals surface area contributed by atoms with E-state index in [0.29, 0.717) is 12.1 Å². The van der Waals surface area contributed by atoms with E-state index in [4.69, 9.17) is 4.74 Å². The molecule has 0 aromatic carbocycles. The van der Waals surface area contributed by atoms with Crippen molar-refractivity contribution >= 4 is 0 Å². The van der Waals surface area contributed by atoms with Crippen LogP contribution in [0.1, 0.15) is 25.7 Å². The lowest BCUT2D eigenvalue weighted by molar-refractivity contribution is 0.103. The van der Waals surface area contributed by atoms with Crippen molar-refractivity contribution in [2.24, 2.45) is 0 Å². The molecule has 2 fully saturated rings. The normalized spacial score (nSPS) is 34.2. The Morgan fingerprint density at radius 2 is 2.38 bits per heavy atom. The second-order valence-corrected chi connectivity index (χ2v) is 4.07. The summed E-state index contributed by atoms with van der Waals surface area (Å²) in [4.78, 5) is 0. The van der Waals surface area contributed by atoms with Crippen LogP contribution in [0.2, 0.25) is 0 Å². The molecule has 0 radical (unpaired) electrons. The molecule has 0 aromatic heterocycles. The van der Waals surface area contributed by atoms with Crippen molar-refractivity contribution in [2.45, 2.75) is 37.8 Å². The van der Waals surface area contributed by atoms with Crippen LogP contribution in [-0.2, 0) is 4.74 Å². The van der Waals surface area contributed by atoms with Crippen LogP contribution < -0.4 is 10.6 Å². The molecule has 2 saturated heterocycles. The van der Waals surface area contributed by atoms with Gasteiger partial charge in [-0.1, -0.05) is 0 Å². The number of ether oxygens (including phenoxy) is 1. The molecule has 0 saturated carbocycles. The highest BCUT2D eigenvalue weighted by molar-refractivity contribution is 4.78. The maximum Gasteiger partial charge on any atom is 0.0588 e. The summed E-state index contributed by atoms with van der Waals surface area (Å²) in [7, 11) is 0. The third kappa shape index (κ3) is 2.93. The van der Waals surface area contributed by atoms with Crippen molar-refractivity contribution in [1.29, 1.82) is 0 Å². The minimum absolute atomic E-state index is 0.543. The number of rotatable bonds is 4. The first-order valence-corrected chi connectivity index (χ1v) is 5.51. The van der Waals surface area contributed by atoms with Gasteiger partial charge in [-0.15, -0.1) is 0 Å². The molecule has 3 heteroatoms. The number of hydrogen-bond donors (Lipinski definition) is 2. The van der Waals surface area contributed by atoms with E-state index in [0.717, 1.165) is 19.7 Å². The van der Waals surface area contributed by atoms with Crippen LogP contribution in [0.5, 0.6) is 0 Å². The average molecular weight is 184 g/mol.